The smallest absolute Gasteiger partial charge is 0.274 e. The molecule has 0 bridgehead atoms. The van der Waals surface area contributed by atoms with E-state index in [9.17, 15) is 4.79 Å². The Morgan fingerprint density at radius 3 is 2.39 bits per heavy atom. The summed E-state index contributed by atoms with van der Waals surface area (Å²) in [5, 5.41) is 8.27. The summed E-state index contributed by atoms with van der Waals surface area (Å²) in [5.74, 6) is 0.671. The van der Waals surface area contributed by atoms with Crippen molar-refractivity contribution in [3.8, 4) is 0 Å². The second-order valence-corrected chi connectivity index (χ2v) is 5.70. The Kier molecular flexibility index (Phi) is 6.09. The van der Waals surface area contributed by atoms with Crippen molar-refractivity contribution in [2.45, 2.75) is 26.3 Å². The van der Waals surface area contributed by atoms with Crippen LogP contribution in [0.1, 0.15) is 35.8 Å². The number of rotatable bonds is 7. The highest BCUT2D eigenvalue weighted by molar-refractivity contribution is 5.92. The zero-order valence-electron chi connectivity index (χ0n) is 14.1. The lowest BCUT2D eigenvalue weighted by Gasteiger charge is -2.19. The van der Waals surface area contributed by atoms with Gasteiger partial charge in [0, 0.05) is 27.2 Å². The average Bonchev–Trinajstić information content (AvgIpc) is 2.60. The summed E-state index contributed by atoms with van der Waals surface area (Å²) in [7, 11) is 3.76. The molecule has 5 nitrogen and oxygen atoms in total. The van der Waals surface area contributed by atoms with Crippen LogP contribution in [-0.2, 0) is 6.54 Å². The van der Waals surface area contributed by atoms with Crippen molar-refractivity contribution in [1.82, 2.24) is 15.1 Å². The number of aromatic nitrogens is 2. The van der Waals surface area contributed by atoms with E-state index < -0.39 is 0 Å². The lowest BCUT2D eigenvalue weighted by molar-refractivity contribution is 0.0786. The molecule has 0 aliphatic rings. The van der Waals surface area contributed by atoms with Crippen molar-refractivity contribution in [2.75, 3.05) is 25.5 Å². The molecular formula is C18H24N4O. The van der Waals surface area contributed by atoms with Crippen molar-refractivity contribution >= 4 is 11.7 Å². The van der Waals surface area contributed by atoms with Gasteiger partial charge in [0.15, 0.2) is 11.5 Å². The molecule has 1 heterocycles. The van der Waals surface area contributed by atoms with Crippen LogP contribution in [0.3, 0.4) is 0 Å². The third-order valence-electron chi connectivity index (χ3n) is 3.72. The van der Waals surface area contributed by atoms with E-state index in [0.717, 1.165) is 31.7 Å². The predicted octanol–water partition coefficient (Wildman–Crippen LogP) is 2.99. The van der Waals surface area contributed by atoms with Crippen LogP contribution in [0.25, 0.3) is 0 Å². The van der Waals surface area contributed by atoms with Gasteiger partial charge in [-0.25, -0.2) is 0 Å². The lowest BCUT2D eigenvalue weighted by Crippen LogP contribution is -2.29. The number of carbonyl (C=O) groups is 1. The maximum Gasteiger partial charge on any atom is 0.274 e. The molecule has 0 spiro atoms. The SMILES string of the molecule is CCCCN(C)C(=O)c1ccc(N(C)Cc2ccccc2)nn1. The molecule has 122 valence electrons. The van der Waals surface area contributed by atoms with E-state index in [1.165, 1.54) is 5.56 Å². The number of amides is 1. The first kappa shape index (κ1) is 16.9. The third-order valence-corrected chi connectivity index (χ3v) is 3.72. The fraction of sp³-hybridized carbons (Fsp3) is 0.389. The molecule has 2 aromatic rings. The van der Waals surface area contributed by atoms with Gasteiger partial charge in [0.05, 0.1) is 0 Å². The van der Waals surface area contributed by atoms with Crippen molar-refractivity contribution in [3.63, 3.8) is 0 Å². The molecule has 0 unspecified atom stereocenters. The molecule has 0 saturated carbocycles. The van der Waals surface area contributed by atoms with E-state index >= 15 is 0 Å². The summed E-state index contributed by atoms with van der Waals surface area (Å²) in [6.45, 7) is 3.60. The van der Waals surface area contributed by atoms with Crippen LogP contribution >= 0.6 is 0 Å². The van der Waals surface area contributed by atoms with Gasteiger partial charge in [-0.1, -0.05) is 43.7 Å². The zero-order chi connectivity index (χ0) is 16.7. The topological polar surface area (TPSA) is 49.3 Å². The largest absolute Gasteiger partial charge is 0.354 e. The summed E-state index contributed by atoms with van der Waals surface area (Å²) in [5.41, 5.74) is 1.59. The van der Waals surface area contributed by atoms with Gasteiger partial charge in [-0.2, -0.15) is 0 Å². The monoisotopic (exact) mass is 312 g/mol. The maximum atomic E-state index is 12.2. The van der Waals surface area contributed by atoms with Crippen LogP contribution in [0, 0.1) is 0 Å². The second-order valence-electron chi connectivity index (χ2n) is 5.70. The molecule has 0 aliphatic carbocycles. The molecule has 0 atom stereocenters. The highest BCUT2D eigenvalue weighted by atomic mass is 16.2. The molecule has 5 heteroatoms. The van der Waals surface area contributed by atoms with Crippen LogP contribution < -0.4 is 4.90 Å². The van der Waals surface area contributed by atoms with Gasteiger partial charge in [-0.15, -0.1) is 10.2 Å². The molecule has 0 fully saturated rings. The number of unbranched alkanes of at least 4 members (excludes halogenated alkanes) is 1. The maximum absolute atomic E-state index is 12.2. The Morgan fingerprint density at radius 1 is 1.04 bits per heavy atom. The number of hydrogen-bond donors (Lipinski definition) is 0. The molecule has 0 saturated heterocycles. The summed E-state index contributed by atoms with van der Waals surface area (Å²) in [6.07, 6.45) is 2.06. The molecule has 0 N–H and O–H groups in total. The van der Waals surface area contributed by atoms with Crippen molar-refractivity contribution in [3.05, 3.63) is 53.7 Å². The van der Waals surface area contributed by atoms with E-state index in [2.05, 4.69) is 29.3 Å². The molecule has 0 aliphatic heterocycles. The molecule has 2 rings (SSSR count). The zero-order valence-corrected chi connectivity index (χ0v) is 14.1. The lowest BCUT2D eigenvalue weighted by atomic mass is 10.2. The average molecular weight is 312 g/mol. The molecule has 23 heavy (non-hydrogen) atoms. The molecule has 0 radical (unpaired) electrons. The first-order valence-electron chi connectivity index (χ1n) is 7.96. The number of anilines is 1. The summed E-state index contributed by atoms with van der Waals surface area (Å²) in [4.78, 5) is 15.9. The van der Waals surface area contributed by atoms with Gasteiger partial charge in [0.1, 0.15) is 0 Å². The molecule has 1 amide bonds. The molecule has 1 aromatic heterocycles. The molecule has 1 aromatic carbocycles. The van der Waals surface area contributed by atoms with E-state index in [0.29, 0.717) is 5.69 Å². The Labute approximate surface area is 137 Å². The summed E-state index contributed by atoms with van der Waals surface area (Å²) >= 11 is 0. The second kappa shape index (κ2) is 8.27. The van der Waals surface area contributed by atoms with Gasteiger partial charge in [0.25, 0.3) is 5.91 Å². The molecular weight excluding hydrogens is 288 g/mol. The van der Waals surface area contributed by atoms with Crippen molar-refractivity contribution in [2.24, 2.45) is 0 Å². The van der Waals surface area contributed by atoms with Gasteiger partial charge in [-0.3, -0.25) is 4.79 Å². The van der Waals surface area contributed by atoms with Gasteiger partial charge >= 0.3 is 0 Å². The minimum Gasteiger partial charge on any atom is -0.354 e. The standard InChI is InChI=1S/C18H24N4O/c1-4-5-13-21(2)18(23)16-11-12-17(20-19-16)22(3)14-15-9-7-6-8-10-15/h6-12H,4-5,13-14H2,1-3H3. The van der Waals surface area contributed by atoms with Crippen molar-refractivity contribution in [1.29, 1.82) is 0 Å². The minimum atomic E-state index is -0.0804. The number of nitrogens with zero attached hydrogens (tertiary/aromatic N) is 4. The van der Waals surface area contributed by atoms with Gasteiger partial charge in [-0.05, 0) is 24.1 Å². The first-order chi connectivity index (χ1) is 11.1. The van der Waals surface area contributed by atoms with Gasteiger partial charge < -0.3 is 9.80 Å². The fourth-order valence-electron chi connectivity index (χ4n) is 2.27. The van der Waals surface area contributed by atoms with Crippen LogP contribution in [-0.4, -0.2) is 41.6 Å². The van der Waals surface area contributed by atoms with E-state index in [1.807, 2.05) is 36.2 Å². The first-order valence-corrected chi connectivity index (χ1v) is 7.96. The number of benzene rings is 1. The number of carbonyl (C=O) groups excluding carboxylic acids is 1. The normalized spacial score (nSPS) is 10.4. The number of hydrogen-bond acceptors (Lipinski definition) is 4. The summed E-state index contributed by atoms with van der Waals surface area (Å²) < 4.78 is 0. The van der Waals surface area contributed by atoms with Gasteiger partial charge in [0.2, 0.25) is 0 Å². The Balaban J connectivity index is 1.99. The van der Waals surface area contributed by atoms with Crippen LogP contribution in [0.5, 0.6) is 0 Å². The van der Waals surface area contributed by atoms with E-state index in [1.54, 1.807) is 18.0 Å². The third kappa shape index (κ3) is 4.77. The van der Waals surface area contributed by atoms with Crippen molar-refractivity contribution < 1.29 is 4.79 Å². The van der Waals surface area contributed by atoms with Crippen LogP contribution in [0.2, 0.25) is 0 Å². The highest BCUT2D eigenvalue weighted by Gasteiger charge is 2.14. The quantitative estimate of drug-likeness (QED) is 0.788. The van der Waals surface area contributed by atoms with Crippen LogP contribution in [0.15, 0.2) is 42.5 Å². The highest BCUT2D eigenvalue weighted by Crippen LogP contribution is 2.12. The Morgan fingerprint density at radius 2 is 1.78 bits per heavy atom. The minimum absolute atomic E-state index is 0.0804. The Bertz CT molecular complexity index is 613. The summed E-state index contributed by atoms with van der Waals surface area (Å²) in [6, 6.07) is 13.8. The van der Waals surface area contributed by atoms with E-state index in [4.69, 9.17) is 0 Å². The fourth-order valence-corrected chi connectivity index (χ4v) is 2.27. The predicted molar refractivity (Wildman–Crippen MR) is 92.4 cm³/mol. The van der Waals surface area contributed by atoms with E-state index in [-0.39, 0.29) is 5.91 Å². The Hall–Kier alpha value is -2.43. The van der Waals surface area contributed by atoms with Crippen LogP contribution in [0.4, 0.5) is 5.82 Å².